The number of carbonyl (C=O) groups is 1. The number of hydrogen-bond acceptors (Lipinski definition) is 5. The van der Waals surface area contributed by atoms with Crippen LogP contribution in [-0.2, 0) is 12.8 Å². The molecule has 0 aliphatic heterocycles. The van der Waals surface area contributed by atoms with E-state index in [1.807, 2.05) is 30.3 Å². The Labute approximate surface area is 158 Å². The molecule has 3 rings (SSSR count). The van der Waals surface area contributed by atoms with Gasteiger partial charge in [0, 0.05) is 0 Å². The summed E-state index contributed by atoms with van der Waals surface area (Å²) in [6.07, 6.45) is -1.86. The molecule has 3 aromatic rings. The van der Waals surface area contributed by atoms with Gasteiger partial charge < -0.3 is 4.74 Å². The first kappa shape index (κ1) is 19.2. The maximum atomic E-state index is 12.5. The molecular formula is C19H15F3N4O2. The van der Waals surface area contributed by atoms with Crippen LogP contribution in [0, 0.1) is 0 Å². The van der Waals surface area contributed by atoms with Gasteiger partial charge in [0.25, 0.3) is 5.91 Å². The van der Waals surface area contributed by atoms with Crippen molar-refractivity contribution < 1.29 is 22.7 Å². The number of aromatic nitrogens is 2. The van der Waals surface area contributed by atoms with Crippen LogP contribution in [0.3, 0.4) is 0 Å². The molecule has 144 valence electrons. The fourth-order valence-electron chi connectivity index (χ4n) is 2.18. The Morgan fingerprint density at radius 1 is 0.964 bits per heavy atom. The number of rotatable bonds is 6. The summed E-state index contributed by atoms with van der Waals surface area (Å²) in [4.78, 5) is 20.0. The van der Waals surface area contributed by atoms with Gasteiger partial charge in [-0.2, -0.15) is 13.2 Å². The molecule has 0 unspecified atom stereocenters. The highest BCUT2D eigenvalue weighted by atomic mass is 19.4. The number of nitrogens with one attached hydrogen (secondary N) is 2. The molecule has 28 heavy (non-hydrogen) atoms. The van der Waals surface area contributed by atoms with Crippen LogP contribution >= 0.6 is 0 Å². The SMILES string of the molecule is O=C(NNc1ccc(C(F)(F)F)cc1)c1cnc(OCc2ccccc2)cn1. The van der Waals surface area contributed by atoms with E-state index in [4.69, 9.17) is 4.74 Å². The molecule has 9 heteroatoms. The molecular weight excluding hydrogens is 373 g/mol. The number of halogens is 3. The number of nitrogens with zero attached hydrogens (tertiary/aromatic N) is 2. The number of anilines is 1. The third kappa shape index (κ3) is 5.19. The Hall–Kier alpha value is -3.62. The van der Waals surface area contributed by atoms with E-state index < -0.39 is 17.6 Å². The molecule has 0 radical (unpaired) electrons. The van der Waals surface area contributed by atoms with Crippen molar-refractivity contribution in [2.45, 2.75) is 12.8 Å². The van der Waals surface area contributed by atoms with Crippen molar-refractivity contribution in [3.05, 3.63) is 83.8 Å². The predicted octanol–water partition coefficient (Wildman–Crippen LogP) is 3.83. The van der Waals surface area contributed by atoms with Crippen LogP contribution in [0.15, 0.2) is 67.0 Å². The highest BCUT2D eigenvalue weighted by molar-refractivity contribution is 5.92. The fraction of sp³-hybridized carbons (Fsp3) is 0.105. The van der Waals surface area contributed by atoms with Crippen molar-refractivity contribution in [1.82, 2.24) is 15.4 Å². The average Bonchev–Trinajstić information content (AvgIpc) is 2.71. The van der Waals surface area contributed by atoms with Crippen molar-refractivity contribution in [1.29, 1.82) is 0 Å². The van der Waals surface area contributed by atoms with Crippen LogP contribution in [0.2, 0.25) is 0 Å². The first-order chi connectivity index (χ1) is 13.4. The summed E-state index contributed by atoms with van der Waals surface area (Å²) in [6.45, 7) is 0.316. The molecule has 0 fully saturated rings. The van der Waals surface area contributed by atoms with Crippen molar-refractivity contribution in [2.75, 3.05) is 5.43 Å². The number of carbonyl (C=O) groups excluding carboxylic acids is 1. The van der Waals surface area contributed by atoms with Crippen molar-refractivity contribution in [2.24, 2.45) is 0 Å². The standard InChI is InChI=1S/C19H15F3N4O2/c20-19(21,22)14-6-8-15(9-7-14)25-26-18(27)16-10-24-17(11-23-16)28-12-13-4-2-1-3-5-13/h1-11,25H,12H2,(H,26,27). The summed E-state index contributed by atoms with van der Waals surface area (Å²) >= 11 is 0. The largest absolute Gasteiger partial charge is 0.472 e. The number of amides is 1. The van der Waals surface area contributed by atoms with Crippen LogP contribution in [0.5, 0.6) is 5.88 Å². The normalized spacial score (nSPS) is 11.0. The van der Waals surface area contributed by atoms with Gasteiger partial charge in [0.15, 0.2) is 0 Å². The zero-order valence-corrected chi connectivity index (χ0v) is 14.4. The molecule has 6 nitrogen and oxygen atoms in total. The molecule has 2 aromatic carbocycles. The van der Waals surface area contributed by atoms with Gasteiger partial charge in [0.2, 0.25) is 5.88 Å². The van der Waals surface area contributed by atoms with Gasteiger partial charge in [-0.25, -0.2) is 9.97 Å². The second-order valence-electron chi connectivity index (χ2n) is 5.67. The first-order valence-electron chi connectivity index (χ1n) is 8.14. The smallest absolute Gasteiger partial charge is 0.416 e. The van der Waals surface area contributed by atoms with E-state index >= 15 is 0 Å². The van der Waals surface area contributed by atoms with Crippen molar-refractivity contribution >= 4 is 11.6 Å². The maximum Gasteiger partial charge on any atom is 0.416 e. The van der Waals surface area contributed by atoms with Gasteiger partial charge in [-0.3, -0.25) is 15.6 Å². The average molecular weight is 388 g/mol. The molecule has 1 amide bonds. The Kier molecular flexibility index (Phi) is 5.73. The molecule has 2 N–H and O–H groups in total. The van der Waals surface area contributed by atoms with Gasteiger partial charge in [-0.05, 0) is 29.8 Å². The molecule has 1 aromatic heterocycles. The molecule has 0 aliphatic rings. The Morgan fingerprint density at radius 2 is 1.68 bits per heavy atom. The molecule has 1 heterocycles. The molecule has 0 spiro atoms. The van der Waals surface area contributed by atoms with Crippen LogP contribution in [0.1, 0.15) is 21.6 Å². The lowest BCUT2D eigenvalue weighted by molar-refractivity contribution is -0.137. The summed E-state index contributed by atoms with van der Waals surface area (Å²) in [5.74, 6) is -0.335. The Bertz CT molecular complexity index is 915. The summed E-state index contributed by atoms with van der Waals surface area (Å²) in [5.41, 5.74) is 5.35. The van der Waals surface area contributed by atoms with Crippen molar-refractivity contribution in [3.8, 4) is 5.88 Å². The van der Waals surface area contributed by atoms with E-state index in [1.54, 1.807) is 0 Å². The minimum absolute atomic E-state index is 0.0199. The predicted molar refractivity (Wildman–Crippen MR) is 95.3 cm³/mol. The highest BCUT2D eigenvalue weighted by Crippen LogP contribution is 2.29. The Balaban J connectivity index is 1.51. The second kappa shape index (κ2) is 8.38. The van der Waals surface area contributed by atoms with Gasteiger partial charge in [0.05, 0.1) is 23.6 Å². The third-order valence-corrected chi connectivity index (χ3v) is 3.62. The molecule has 0 bridgehead atoms. The first-order valence-corrected chi connectivity index (χ1v) is 8.14. The molecule has 0 saturated carbocycles. The van der Waals surface area contributed by atoms with Crippen molar-refractivity contribution in [3.63, 3.8) is 0 Å². The quantitative estimate of drug-likeness (QED) is 0.628. The number of hydrogen-bond donors (Lipinski definition) is 2. The van der Waals surface area contributed by atoms with Gasteiger partial charge in [-0.1, -0.05) is 30.3 Å². The lowest BCUT2D eigenvalue weighted by Crippen LogP contribution is -2.30. The molecule has 0 aliphatic carbocycles. The van der Waals surface area contributed by atoms with Crippen LogP contribution in [0.4, 0.5) is 18.9 Å². The minimum Gasteiger partial charge on any atom is -0.472 e. The number of ether oxygens (including phenoxy) is 1. The minimum atomic E-state index is -4.41. The third-order valence-electron chi connectivity index (χ3n) is 3.62. The topological polar surface area (TPSA) is 76.1 Å². The second-order valence-corrected chi connectivity index (χ2v) is 5.67. The molecule has 0 atom stereocenters. The van der Waals surface area contributed by atoms with Crippen LogP contribution in [-0.4, -0.2) is 15.9 Å². The molecule has 0 saturated heterocycles. The van der Waals surface area contributed by atoms with Crippen LogP contribution < -0.4 is 15.6 Å². The fourth-order valence-corrected chi connectivity index (χ4v) is 2.18. The Morgan fingerprint density at radius 3 is 2.29 bits per heavy atom. The monoisotopic (exact) mass is 388 g/mol. The van der Waals surface area contributed by atoms with Gasteiger partial charge in [0.1, 0.15) is 12.3 Å². The highest BCUT2D eigenvalue weighted by Gasteiger charge is 2.29. The van der Waals surface area contributed by atoms with E-state index in [0.29, 0.717) is 6.61 Å². The van der Waals surface area contributed by atoms with E-state index in [2.05, 4.69) is 20.8 Å². The maximum absolute atomic E-state index is 12.5. The van der Waals surface area contributed by atoms with E-state index in [0.717, 1.165) is 17.7 Å². The van der Waals surface area contributed by atoms with Gasteiger partial charge >= 0.3 is 6.18 Å². The zero-order chi connectivity index (χ0) is 20.0. The van der Waals surface area contributed by atoms with E-state index in [9.17, 15) is 18.0 Å². The summed E-state index contributed by atoms with van der Waals surface area (Å²) in [6, 6.07) is 13.7. The summed E-state index contributed by atoms with van der Waals surface area (Å²) in [7, 11) is 0. The number of hydrazine groups is 1. The van der Waals surface area contributed by atoms with E-state index in [1.165, 1.54) is 24.5 Å². The summed E-state index contributed by atoms with van der Waals surface area (Å²) < 4.78 is 43.1. The summed E-state index contributed by atoms with van der Waals surface area (Å²) in [5, 5.41) is 0. The lowest BCUT2D eigenvalue weighted by atomic mass is 10.2. The number of benzene rings is 2. The lowest BCUT2D eigenvalue weighted by Gasteiger charge is -2.10. The zero-order valence-electron chi connectivity index (χ0n) is 14.4. The van der Waals surface area contributed by atoms with Gasteiger partial charge in [-0.15, -0.1) is 0 Å². The van der Waals surface area contributed by atoms with E-state index in [-0.39, 0.29) is 17.3 Å². The van der Waals surface area contributed by atoms with Crippen LogP contribution in [0.25, 0.3) is 0 Å². The number of alkyl halides is 3.